The van der Waals surface area contributed by atoms with Gasteiger partial charge in [-0.2, -0.15) is 0 Å². The van der Waals surface area contributed by atoms with Crippen LogP contribution in [0.5, 0.6) is 0 Å². The maximum absolute atomic E-state index is 13.3. The number of halogens is 3. The summed E-state index contributed by atoms with van der Waals surface area (Å²) in [5.41, 5.74) is -0.273. The first-order chi connectivity index (χ1) is 12.0. The molecule has 1 amide bonds. The summed E-state index contributed by atoms with van der Waals surface area (Å²) >= 11 is 0. The topological polar surface area (TPSA) is 32.3 Å². The molecule has 0 spiro atoms. The molecule has 0 unspecified atom stereocenters. The zero-order valence-corrected chi connectivity index (χ0v) is 14.4. The quantitative estimate of drug-likeness (QED) is 0.832. The van der Waals surface area contributed by atoms with Gasteiger partial charge in [-0.15, -0.1) is 0 Å². The van der Waals surface area contributed by atoms with Crippen LogP contribution in [-0.2, 0) is 11.3 Å². The van der Waals surface area contributed by atoms with Crippen LogP contribution < -0.4 is 5.32 Å². The van der Waals surface area contributed by atoms with E-state index in [1.807, 2.05) is 0 Å². The van der Waals surface area contributed by atoms with E-state index in [0.29, 0.717) is 0 Å². The van der Waals surface area contributed by atoms with Gasteiger partial charge in [-0.25, -0.2) is 13.2 Å². The molecule has 1 aliphatic heterocycles. The molecule has 1 aromatic carbocycles. The van der Waals surface area contributed by atoms with E-state index >= 15 is 0 Å². The summed E-state index contributed by atoms with van der Waals surface area (Å²) in [5.74, 6) is -4.01. The molecule has 1 saturated carbocycles. The van der Waals surface area contributed by atoms with E-state index in [1.54, 1.807) is 0 Å². The van der Waals surface area contributed by atoms with Gasteiger partial charge in [0, 0.05) is 6.54 Å². The van der Waals surface area contributed by atoms with Gasteiger partial charge in [0.1, 0.15) is 5.54 Å². The van der Waals surface area contributed by atoms with Crippen molar-refractivity contribution in [2.24, 2.45) is 0 Å². The van der Waals surface area contributed by atoms with Gasteiger partial charge in [-0.05, 0) is 56.5 Å². The number of nitrogens with one attached hydrogen (secondary N) is 1. The van der Waals surface area contributed by atoms with Crippen molar-refractivity contribution in [3.05, 3.63) is 35.1 Å². The third-order valence-corrected chi connectivity index (χ3v) is 5.56. The van der Waals surface area contributed by atoms with Crippen LogP contribution in [0.2, 0.25) is 0 Å². The van der Waals surface area contributed by atoms with Gasteiger partial charge in [0.05, 0.1) is 0 Å². The van der Waals surface area contributed by atoms with E-state index in [4.69, 9.17) is 0 Å². The molecule has 1 aliphatic carbocycles. The molecule has 1 saturated heterocycles. The molecule has 6 heteroatoms. The van der Waals surface area contributed by atoms with Crippen LogP contribution in [0.25, 0.3) is 0 Å². The highest BCUT2D eigenvalue weighted by Crippen LogP contribution is 2.36. The first kappa shape index (κ1) is 18.2. The Morgan fingerprint density at radius 3 is 2.12 bits per heavy atom. The highest BCUT2D eigenvalue weighted by molar-refractivity contribution is 5.86. The molecule has 1 aromatic rings. The second kappa shape index (κ2) is 7.77. The molecule has 0 aromatic heterocycles. The van der Waals surface area contributed by atoms with E-state index < -0.39 is 23.0 Å². The molecule has 25 heavy (non-hydrogen) atoms. The summed E-state index contributed by atoms with van der Waals surface area (Å²) in [6.45, 7) is 1.85. The van der Waals surface area contributed by atoms with Gasteiger partial charge in [0.25, 0.3) is 0 Å². The zero-order valence-electron chi connectivity index (χ0n) is 14.4. The molecule has 2 aliphatic rings. The number of hydrogen-bond acceptors (Lipinski definition) is 2. The molecule has 0 radical (unpaired) electrons. The SMILES string of the molecule is O=C(NCc1cc(F)c(F)c(F)c1)C1(N2CCCCC2)CCCCC1. The first-order valence-electron chi connectivity index (χ1n) is 9.20. The predicted octanol–water partition coefficient (Wildman–Crippen LogP) is 3.91. The Hall–Kier alpha value is -1.56. The zero-order chi connectivity index (χ0) is 17.9. The van der Waals surface area contributed by atoms with Gasteiger partial charge in [-0.1, -0.05) is 25.7 Å². The van der Waals surface area contributed by atoms with Crippen LogP contribution in [-0.4, -0.2) is 29.4 Å². The van der Waals surface area contributed by atoms with Crippen LogP contribution in [0.15, 0.2) is 12.1 Å². The average molecular weight is 354 g/mol. The Kier molecular flexibility index (Phi) is 5.67. The van der Waals surface area contributed by atoms with Crippen LogP contribution >= 0.6 is 0 Å². The summed E-state index contributed by atoms with van der Waals surface area (Å²) in [6.07, 6.45) is 8.22. The molecule has 2 fully saturated rings. The molecule has 0 atom stereocenters. The monoisotopic (exact) mass is 354 g/mol. The van der Waals surface area contributed by atoms with Crippen molar-refractivity contribution in [3.63, 3.8) is 0 Å². The largest absolute Gasteiger partial charge is 0.350 e. The lowest BCUT2D eigenvalue weighted by Crippen LogP contribution is -2.60. The van der Waals surface area contributed by atoms with Gasteiger partial charge in [-0.3, -0.25) is 9.69 Å². The van der Waals surface area contributed by atoms with Crippen molar-refractivity contribution in [2.45, 2.75) is 63.5 Å². The molecular weight excluding hydrogens is 329 g/mol. The molecule has 1 N–H and O–H groups in total. The van der Waals surface area contributed by atoms with E-state index in [2.05, 4.69) is 10.2 Å². The smallest absolute Gasteiger partial charge is 0.240 e. The summed E-state index contributed by atoms with van der Waals surface area (Å²) in [5, 5.41) is 2.84. The molecule has 3 nitrogen and oxygen atoms in total. The maximum Gasteiger partial charge on any atom is 0.240 e. The summed E-state index contributed by atoms with van der Waals surface area (Å²) in [6, 6.07) is 1.88. The van der Waals surface area contributed by atoms with E-state index in [-0.39, 0.29) is 18.0 Å². The Morgan fingerprint density at radius 2 is 1.52 bits per heavy atom. The van der Waals surface area contributed by atoms with Crippen molar-refractivity contribution in [2.75, 3.05) is 13.1 Å². The fraction of sp³-hybridized carbons (Fsp3) is 0.632. The number of carbonyl (C=O) groups excluding carboxylic acids is 1. The number of carbonyl (C=O) groups is 1. The molecule has 1 heterocycles. The van der Waals surface area contributed by atoms with Gasteiger partial charge in [0.15, 0.2) is 17.5 Å². The lowest BCUT2D eigenvalue weighted by Gasteiger charge is -2.46. The van der Waals surface area contributed by atoms with Crippen LogP contribution in [0.4, 0.5) is 13.2 Å². The second-order valence-corrected chi connectivity index (χ2v) is 7.20. The van der Waals surface area contributed by atoms with Crippen LogP contribution in [0, 0.1) is 17.5 Å². The van der Waals surface area contributed by atoms with Crippen molar-refractivity contribution >= 4 is 5.91 Å². The lowest BCUT2D eigenvalue weighted by atomic mass is 9.78. The Balaban J connectivity index is 1.72. The number of hydrogen-bond donors (Lipinski definition) is 1. The number of benzene rings is 1. The third kappa shape index (κ3) is 3.84. The molecule has 138 valence electrons. The number of amides is 1. The number of likely N-dealkylation sites (tertiary alicyclic amines) is 1. The van der Waals surface area contributed by atoms with Gasteiger partial charge < -0.3 is 5.32 Å². The third-order valence-electron chi connectivity index (χ3n) is 5.56. The van der Waals surface area contributed by atoms with Crippen LogP contribution in [0.1, 0.15) is 56.9 Å². The van der Waals surface area contributed by atoms with E-state index in [9.17, 15) is 18.0 Å². The number of piperidine rings is 1. The molecular formula is C19H25F3N2O. The minimum absolute atomic E-state index is 0.00252. The molecule has 0 bridgehead atoms. The van der Waals surface area contributed by atoms with Crippen molar-refractivity contribution < 1.29 is 18.0 Å². The Labute approximate surface area is 146 Å². The molecule has 3 rings (SSSR count). The normalized spacial score (nSPS) is 21.1. The Bertz CT molecular complexity index is 600. The van der Waals surface area contributed by atoms with Crippen molar-refractivity contribution in [3.8, 4) is 0 Å². The van der Waals surface area contributed by atoms with Gasteiger partial charge in [0.2, 0.25) is 5.91 Å². The predicted molar refractivity (Wildman–Crippen MR) is 89.4 cm³/mol. The standard InChI is InChI=1S/C19H25F3N2O/c20-15-11-14(12-16(21)17(15)22)13-23-18(25)19(7-3-1-4-8-19)24-9-5-2-6-10-24/h11-12H,1-10,13H2,(H,23,25). The minimum atomic E-state index is -1.48. The summed E-state index contributed by atoms with van der Waals surface area (Å²) in [4.78, 5) is 15.3. The van der Waals surface area contributed by atoms with E-state index in [0.717, 1.165) is 70.2 Å². The number of nitrogens with zero attached hydrogens (tertiary/aromatic N) is 1. The number of rotatable bonds is 4. The van der Waals surface area contributed by atoms with Crippen LogP contribution in [0.3, 0.4) is 0 Å². The maximum atomic E-state index is 13.3. The Morgan fingerprint density at radius 1 is 0.960 bits per heavy atom. The van der Waals surface area contributed by atoms with E-state index in [1.165, 1.54) is 6.42 Å². The van der Waals surface area contributed by atoms with Crippen molar-refractivity contribution in [1.29, 1.82) is 0 Å². The highest BCUT2D eigenvalue weighted by Gasteiger charge is 2.44. The summed E-state index contributed by atoms with van der Waals surface area (Å²) < 4.78 is 39.8. The van der Waals surface area contributed by atoms with Crippen molar-refractivity contribution in [1.82, 2.24) is 10.2 Å². The fourth-order valence-electron chi connectivity index (χ4n) is 4.20. The summed E-state index contributed by atoms with van der Waals surface area (Å²) in [7, 11) is 0. The highest BCUT2D eigenvalue weighted by atomic mass is 19.2. The average Bonchev–Trinajstić information content (AvgIpc) is 2.65. The fourth-order valence-corrected chi connectivity index (χ4v) is 4.20. The first-order valence-corrected chi connectivity index (χ1v) is 9.20. The second-order valence-electron chi connectivity index (χ2n) is 7.20. The minimum Gasteiger partial charge on any atom is -0.350 e. The van der Waals surface area contributed by atoms with Gasteiger partial charge >= 0.3 is 0 Å². The lowest BCUT2D eigenvalue weighted by molar-refractivity contribution is -0.137.